The van der Waals surface area contributed by atoms with Crippen LogP contribution in [0.4, 0.5) is 8.78 Å². The third-order valence-electron chi connectivity index (χ3n) is 1.85. The number of carbonyl (C=O) groups excluding carboxylic acids is 1. The molecule has 0 fully saturated rings. The van der Waals surface area contributed by atoms with Gasteiger partial charge >= 0.3 is 0 Å². The lowest BCUT2D eigenvalue weighted by Gasteiger charge is -2.06. The Hall–Kier alpha value is -0.960. The van der Waals surface area contributed by atoms with E-state index in [0.29, 0.717) is 0 Å². The molecule has 14 heavy (non-hydrogen) atoms. The molecule has 0 N–H and O–H groups in total. The van der Waals surface area contributed by atoms with E-state index in [1.165, 1.54) is 13.0 Å². The molecule has 0 heterocycles. The molecule has 1 aromatic rings. The molecule has 0 spiro atoms. The van der Waals surface area contributed by atoms with Crippen LogP contribution in [0.2, 0.25) is 5.02 Å². The SMILES string of the molecule is Cc1cc(Cl)cc(C(=O)C(C)F)c1F. The van der Waals surface area contributed by atoms with E-state index in [-0.39, 0.29) is 16.1 Å². The lowest BCUT2D eigenvalue weighted by Crippen LogP contribution is -2.14. The zero-order chi connectivity index (χ0) is 10.9. The zero-order valence-electron chi connectivity index (χ0n) is 7.77. The molecule has 0 amide bonds. The van der Waals surface area contributed by atoms with Crippen molar-refractivity contribution < 1.29 is 13.6 Å². The molecule has 76 valence electrons. The topological polar surface area (TPSA) is 17.1 Å². The fourth-order valence-corrected chi connectivity index (χ4v) is 1.39. The van der Waals surface area contributed by atoms with Crippen molar-refractivity contribution in [1.82, 2.24) is 0 Å². The van der Waals surface area contributed by atoms with Crippen LogP contribution in [0.15, 0.2) is 12.1 Å². The van der Waals surface area contributed by atoms with Gasteiger partial charge in [0.25, 0.3) is 0 Å². The molecule has 1 rings (SSSR count). The van der Waals surface area contributed by atoms with E-state index in [0.717, 1.165) is 13.0 Å². The Morgan fingerprint density at radius 2 is 2.07 bits per heavy atom. The predicted molar refractivity (Wildman–Crippen MR) is 51.0 cm³/mol. The van der Waals surface area contributed by atoms with Gasteiger partial charge in [-0.25, -0.2) is 8.78 Å². The fraction of sp³-hybridized carbons (Fsp3) is 0.300. The van der Waals surface area contributed by atoms with Crippen LogP contribution in [0.25, 0.3) is 0 Å². The van der Waals surface area contributed by atoms with Crippen LogP contribution in [0, 0.1) is 12.7 Å². The third kappa shape index (κ3) is 2.10. The maximum absolute atomic E-state index is 13.3. The van der Waals surface area contributed by atoms with Crippen molar-refractivity contribution >= 4 is 17.4 Å². The minimum absolute atomic E-state index is 0.230. The number of hydrogen-bond acceptors (Lipinski definition) is 1. The van der Waals surface area contributed by atoms with Gasteiger partial charge in [0.05, 0.1) is 5.56 Å². The van der Waals surface area contributed by atoms with Crippen molar-refractivity contribution in [3.8, 4) is 0 Å². The maximum Gasteiger partial charge on any atom is 0.199 e. The molecule has 0 aromatic heterocycles. The number of Topliss-reactive ketones (excluding diaryl/α,β-unsaturated/α-hetero) is 1. The Morgan fingerprint density at radius 1 is 1.50 bits per heavy atom. The van der Waals surface area contributed by atoms with Crippen LogP contribution in [-0.2, 0) is 0 Å². The summed E-state index contributed by atoms with van der Waals surface area (Å²) in [6, 6.07) is 2.53. The Balaban J connectivity index is 3.27. The van der Waals surface area contributed by atoms with Crippen LogP contribution in [-0.4, -0.2) is 12.0 Å². The molecular formula is C10H9ClF2O. The lowest BCUT2D eigenvalue weighted by molar-refractivity contribution is 0.0888. The highest BCUT2D eigenvalue weighted by atomic mass is 35.5. The van der Waals surface area contributed by atoms with Crippen molar-refractivity contribution in [3.05, 3.63) is 34.1 Å². The van der Waals surface area contributed by atoms with E-state index >= 15 is 0 Å². The number of alkyl halides is 1. The van der Waals surface area contributed by atoms with E-state index in [1.54, 1.807) is 0 Å². The summed E-state index contributed by atoms with van der Waals surface area (Å²) in [6.45, 7) is 2.54. The van der Waals surface area contributed by atoms with Gasteiger partial charge in [-0.15, -0.1) is 0 Å². The summed E-state index contributed by atoms with van der Waals surface area (Å²) in [5.74, 6) is -1.59. The minimum Gasteiger partial charge on any atom is -0.291 e. The first kappa shape index (κ1) is 11.1. The molecule has 0 aliphatic heterocycles. The normalized spacial score (nSPS) is 12.6. The number of hydrogen-bond donors (Lipinski definition) is 0. The van der Waals surface area contributed by atoms with Gasteiger partial charge in [0.1, 0.15) is 5.82 Å². The van der Waals surface area contributed by atoms with E-state index < -0.39 is 17.8 Å². The molecule has 1 nitrogen and oxygen atoms in total. The van der Waals surface area contributed by atoms with Gasteiger partial charge in [-0.2, -0.15) is 0 Å². The number of benzene rings is 1. The van der Waals surface area contributed by atoms with E-state index in [1.807, 2.05) is 0 Å². The molecule has 0 aliphatic rings. The molecule has 4 heteroatoms. The summed E-state index contributed by atoms with van der Waals surface area (Å²) in [5, 5.41) is 0.230. The summed E-state index contributed by atoms with van der Waals surface area (Å²) in [4.78, 5) is 11.2. The molecule has 1 aromatic carbocycles. The summed E-state index contributed by atoms with van der Waals surface area (Å²) in [6.07, 6.45) is -1.72. The average Bonchev–Trinajstić information content (AvgIpc) is 2.09. The highest BCUT2D eigenvalue weighted by Gasteiger charge is 2.19. The number of carbonyl (C=O) groups is 1. The molecule has 0 aliphatic carbocycles. The molecule has 1 atom stereocenters. The van der Waals surface area contributed by atoms with Gasteiger partial charge in [0, 0.05) is 5.02 Å². The predicted octanol–water partition coefficient (Wildman–Crippen LogP) is 3.33. The molecule has 0 saturated heterocycles. The highest BCUT2D eigenvalue weighted by molar-refractivity contribution is 6.31. The first-order valence-corrected chi connectivity index (χ1v) is 4.45. The van der Waals surface area contributed by atoms with Gasteiger partial charge in [-0.1, -0.05) is 11.6 Å². The quantitative estimate of drug-likeness (QED) is 0.696. The van der Waals surface area contributed by atoms with Crippen LogP contribution >= 0.6 is 11.6 Å². The van der Waals surface area contributed by atoms with Crippen molar-refractivity contribution in [2.45, 2.75) is 20.0 Å². The Labute approximate surface area is 85.7 Å². The Morgan fingerprint density at radius 3 is 2.57 bits per heavy atom. The van der Waals surface area contributed by atoms with Crippen molar-refractivity contribution in [3.63, 3.8) is 0 Å². The third-order valence-corrected chi connectivity index (χ3v) is 2.06. The summed E-state index contributed by atoms with van der Waals surface area (Å²) in [5.41, 5.74) is -0.0495. The van der Waals surface area contributed by atoms with Crippen LogP contribution in [0.3, 0.4) is 0 Å². The standard InChI is InChI=1S/C10H9ClF2O/c1-5-3-7(11)4-8(9(5)13)10(14)6(2)12/h3-4,6H,1-2H3. The first-order valence-electron chi connectivity index (χ1n) is 4.07. The fourth-order valence-electron chi connectivity index (χ4n) is 1.12. The van der Waals surface area contributed by atoms with Crippen molar-refractivity contribution in [2.75, 3.05) is 0 Å². The summed E-state index contributed by atoms with van der Waals surface area (Å²) in [7, 11) is 0. The molecule has 0 radical (unpaired) electrons. The second-order valence-electron chi connectivity index (χ2n) is 3.06. The average molecular weight is 219 g/mol. The largest absolute Gasteiger partial charge is 0.291 e. The van der Waals surface area contributed by atoms with Crippen molar-refractivity contribution in [2.24, 2.45) is 0 Å². The second-order valence-corrected chi connectivity index (χ2v) is 3.50. The van der Waals surface area contributed by atoms with Gasteiger partial charge in [0.15, 0.2) is 12.0 Å². The van der Waals surface area contributed by atoms with E-state index in [9.17, 15) is 13.6 Å². The van der Waals surface area contributed by atoms with Crippen molar-refractivity contribution in [1.29, 1.82) is 0 Å². The number of ketones is 1. The summed E-state index contributed by atoms with van der Waals surface area (Å²) < 4.78 is 26.0. The Kier molecular flexibility index (Phi) is 3.21. The van der Waals surface area contributed by atoms with Gasteiger partial charge in [-0.3, -0.25) is 4.79 Å². The molecule has 1 unspecified atom stereocenters. The van der Waals surface area contributed by atoms with Crippen LogP contribution in [0.1, 0.15) is 22.8 Å². The first-order chi connectivity index (χ1) is 6.43. The second kappa shape index (κ2) is 4.05. The van der Waals surface area contributed by atoms with Gasteiger partial charge in [-0.05, 0) is 31.5 Å². The number of rotatable bonds is 2. The van der Waals surface area contributed by atoms with Crippen LogP contribution in [0.5, 0.6) is 0 Å². The monoisotopic (exact) mass is 218 g/mol. The maximum atomic E-state index is 13.3. The van der Waals surface area contributed by atoms with E-state index in [4.69, 9.17) is 11.6 Å². The Bertz CT molecular complexity index is 375. The zero-order valence-corrected chi connectivity index (χ0v) is 8.53. The van der Waals surface area contributed by atoms with Gasteiger partial charge in [0.2, 0.25) is 0 Å². The smallest absolute Gasteiger partial charge is 0.199 e. The molecular weight excluding hydrogens is 210 g/mol. The van der Waals surface area contributed by atoms with Gasteiger partial charge < -0.3 is 0 Å². The number of halogens is 3. The lowest BCUT2D eigenvalue weighted by atomic mass is 10.0. The minimum atomic E-state index is -1.72. The van der Waals surface area contributed by atoms with E-state index in [2.05, 4.69) is 0 Å². The number of aryl methyl sites for hydroxylation is 1. The highest BCUT2D eigenvalue weighted by Crippen LogP contribution is 2.21. The molecule has 0 saturated carbocycles. The molecule has 0 bridgehead atoms. The summed E-state index contributed by atoms with van der Waals surface area (Å²) >= 11 is 5.63. The van der Waals surface area contributed by atoms with Crippen LogP contribution < -0.4 is 0 Å².